The number of nitrogens with one attached hydrogen (secondary N) is 3. The van der Waals surface area contributed by atoms with Crippen molar-refractivity contribution in [1.29, 1.82) is 5.41 Å². The van der Waals surface area contributed by atoms with E-state index in [-0.39, 0.29) is 35.9 Å². The highest BCUT2D eigenvalue weighted by Crippen LogP contribution is 2.21. The fourth-order valence-electron chi connectivity index (χ4n) is 3.70. The van der Waals surface area contributed by atoms with E-state index in [2.05, 4.69) is 16.6 Å². The van der Waals surface area contributed by atoms with Gasteiger partial charge in [0.2, 0.25) is 21.8 Å². The Morgan fingerprint density at radius 1 is 1.31 bits per heavy atom. The van der Waals surface area contributed by atoms with Gasteiger partial charge in [-0.2, -0.15) is 0 Å². The molecule has 1 aromatic rings. The van der Waals surface area contributed by atoms with Crippen LogP contribution in [0.5, 0.6) is 0 Å². The molecule has 2 rings (SSSR count). The Morgan fingerprint density at radius 3 is 2.53 bits per heavy atom. The smallest absolute Gasteiger partial charge is 0.243 e. The van der Waals surface area contributed by atoms with Crippen LogP contribution in [0.1, 0.15) is 44.2 Å². The lowest BCUT2D eigenvalue weighted by molar-refractivity contribution is -0.140. The molecule has 176 valence electrons. The normalized spacial score (nSPS) is 17.2. The van der Waals surface area contributed by atoms with E-state index in [4.69, 9.17) is 11.1 Å². The van der Waals surface area contributed by atoms with Gasteiger partial charge in [0.25, 0.3) is 0 Å². The maximum Gasteiger partial charge on any atom is 0.243 e. The van der Waals surface area contributed by atoms with Gasteiger partial charge in [0.05, 0.1) is 5.75 Å². The van der Waals surface area contributed by atoms with E-state index in [1.54, 1.807) is 24.3 Å². The second-order valence-electron chi connectivity index (χ2n) is 8.39. The molecule has 0 aromatic heterocycles. The number of carbonyl (C=O) groups excluding carboxylic acids is 2. The van der Waals surface area contributed by atoms with Gasteiger partial charge in [0, 0.05) is 18.7 Å². The van der Waals surface area contributed by atoms with E-state index >= 15 is 0 Å². The molecule has 1 saturated heterocycles. The number of sulfonamides is 1. The lowest BCUT2D eigenvalue weighted by Crippen LogP contribution is -2.53. The summed E-state index contributed by atoms with van der Waals surface area (Å²) in [4.78, 5) is 27.5. The number of carbonyl (C=O) groups is 2. The van der Waals surface area contributed by atoms with Gasteiger partial charge in [-0.1, -0.05) is 44.2 Å². The summed E-state index contributed by atoms with van der Waals surface area (Å²) in [5, 5.41) is 10.3. The molecular formula is C22H33N5O4S. The summed E-state index contributed by atoms with van der Waals surface area (Å²) < 4.78 is 26.9. The molecule has 1 fully saturated rings. The number of hydrogen-bond donors (Lipinski definition) is 4. The van der Waals surface area contributed by atoms with E-state index in [1.165, 1.54) is 11.0 Å². The fraction of sp³-hybridized carbons (Fsp3) is 0.500. The molecule has 32 heavy (non-hydrogen) atoms. The van der Waals surface area contributed by atoms with Gasteiger partial charge in [-0.25, -0.2) is 13.1 Å². The number of rotatable bonds is 11. The molecule has 0 saturated carbocycles. The summed E-state index contributed by atoms with van der Waals surface area (Å²) in [6, 6.07) is 5.41. The minimum Gasteiger partial charge on any atom is -0.384 e. The molecule has 1 aromatic carbocycles. The van der Waals surface area contributed by atoms with Crippen LogP contribution >= 0.6 is 0 Å². The monoisotopic (exact) mass is 463 g/mol. The lowest BCUT2D eigenvalue weighted by atomic mass is 10.0. The van der Waals surface area contributed by atoms with Gasteiger partial charge in [0.1, 0.15) is 17.9 Å². The van der Waals surface area contributed by atoms with Crippen molar-refractivity contribution in [3.05, 3.63) is 48.0 Å². The van der Waals surface area contributed by atoms with Crippen LogP contribution in [0, 0.1) is 11.3 Å². The molecule has 1 heterocycles. The van der Waals surface area contributed by atoms with Crippen molar-refractivity contribution in [2.45, 2.75) is 51.7 Å². The van der Waals surface area contributed by atoms with Crippen LogP contribution in [0.3, 0.4) is 0 Å². The summed E-state index contributed by atoms with van der Waals surface area (Å²) in [7, 11) is -3.68. The first kappa shape index (κ1) is 25.5. The van der Waals surface area contributed by atoms with Crippen molar-refractivity contribution in [3.8, 4) is 0 Å². The Morgan fingerprint density at radius 2 is 1.97 bits per heavy atom. The van der Waals surface area contributed by atoms with E-state index < -0.39 is 22.1 Å². The number of nitrogens with zero attached hydrogens (tertiary/aromatic N) is 1. The SMILES string of the molecule is C=CCS(=O)(=O)NC(CC(C)C)C(=O)N1CCC[C@H]1C(=O)NCc1ccc(C(=N)N)cc1. The molecule has 1 unspecified atom stereocenters. The van der Waals surface area contributed by atoms with E-state index in [0.717, 1.165) is 5.56 Å². The molecule has 2 amide bonds. The van der Waals surface area contributed by atoms with Gasteiger partial charge in [0.15, 0.2) is 0 Å². The number of nitrogens with two attached hydrogens (primary N) is 1. The van der Waals surface area contributed by atoms with Crippen molar-refractivity contribution >= 4 is 27.7 Å². The molecule has 0 bridgehead atoms. The standard InChI is InChI=1S/C22H33N5O4S/c1-4-12-32(30,31)26-18(13-15(2)3)22(29)27-11-5-6-19(27)21(28)25-14-16-7-9-17(10-8-16)20(23)24/h4,7-10,15,18-19,26H,1,5-6,11-14H2,2-3H3,(H3,23,24)(H,25,28)/t18?,19-/m0/s1. The first-order valence-electron chi connectivity index (χ1n) is 10.7. The van der Waals surface area contributed by atoms with Gasteiger partial charge in [-0.3, -0.25) is 15.0 Å². The number of amides is 2. The van der Waals surface area contributed by atoms with Crippen LogP contribution in [-0.2, 0) is 26.2 Å². The highest BCUT2D eigenvalue weighted by molar-refractivity contribution is 7.89. The summed E-state index contributed by atoms with van der Waals surface area (Å²) in [6.07, 6.45) is 2.80. The van der Waals surface area contributed by atoms with Gasteiger partial charge < -0.3 is 16.0 Å². The highest BCUT2D eigenvalue weighted by atomic mass is 32.2. The second kappa shape index (κ2) is 11.2. The molecule has 1 aliphatic rings. The van der Waals surface area contributed by atoms with Crippen LogP contribution in [0.25, 0.3) is 0 Å². The Bertz CT molecular complexity index is 944. The maximum atomic E-state index is 13.2. The first-order chi connectivity index (χ1) is 15.0. The van der Waals surface area contributed by atoms with Crippen molar-refractivity contribution in [1.82, 2.24) is 14.9 Å². The molecule has 1 aliphatic heterocycles. The summed E-state index contributed by atoms with van der Waals surface area (Å²) in [5.74, 6) is -0.872. The van der Waals surface area contributed by atoms with Crippen LogP contribution in [0.15, 0.2) is 36.9 Å². The average molecular weight is 464 g/mol. The summed E-state index contributed by atoms with van der Waals surface area (Å²) in [6.45, 7) is 7.95. The van der Waals surface area contributed by atoms with E-state index in [1.807, 2.05) is 13.8 Å². The quantitative estimate of drug-likeness (QED) is 0.221. The van der Waals surface area contributed by atoms with Gasteiger partial charge >= 0.3 is 0 Å². The minimum absolute atomic E-state index is 0.0274. The number of likely N-dealkylation sites (tertiary alicyclic amines) is 1. The predicted molar refractivity (Wildman–Crippen MR) is 124 cm³/mol. The molecule has 0 radical (unpaired) electrons. The Hall–Kier alpha value is -2.72. The molecule has 0 spiro atoms. The molecule has 9 nitrogen and oxygen atoms in total. The number of hydrogen-bond acceptors (Lipinski definition) is 5. The van der Waals surface area contributed by atoms with E-state index in [9.17, 15) is 18.0 Å². The van der Waals surface area contributed by atoms with Crippen molar-refractivity contribution in [3.63, 3.8) is 0 Å². The molecule has 2 atom stereocenters. The molecule has 5 N–H and O–H groups in total. The zero-order valence-corrected chi connectivity index (χ0v) is 19.5. The van der Waals surface area contributed by atoms with Crippen LogP contribution in [-0.4, -0.2) is 55.3 Å². The fourth-order valence-corrected chi connectivity index (χ4v) is 4.74. The number of amidine groups is 1. The topological polar surface area (TPSA) is 145 Å². The number of benzene rings is 1. The van der Waals surface area contributed by atoms with Crippen molar-refractivity contribution in [2.75, 3.05) is 12.3 Å². The summed E-state index contributed by atoms with van der Waals surface area (Å²) in [5.41, 5.74) is 6.89. The summed E-state index contributed by atoms with van der Waals surface area (Å²) >= 11 is 0. The van der Waals surface area contributed by atoms with Crippen LogP contribution in [0.2, 0.25) is 0 Å². The molecular weight excluding hydrogens is 430 g/mol. The second-order valence-corrected chi connectivity index (χ2v) is 10.2. The maximum absolute atomic E-state index is 13.2. The van der Waals surface area contributed by atoms with Crippen LogP contribution < -0.4 is 15.8 Å². The molecule has 0 aliphatic carbocycles. The third-order valence-electron chi connectivity index (χ3n) is 5.23. The Balaban J connectivity index is 2.06. The third-order valence-corrected chi connectivity index (χ3v) is 6.55. The minimum atomic E-state index is -3.68. The van der Waals surface area contributed by atoms with Gasteiger partial charge in [-0.15, -0.1) is 6.58 Å². The zero-order valence-electron chi connectivity index (χ0n) is 18.6. The predicted octanol–water partition coefficient (Wildman–Crippen LogP) is 1.10. The third kappa shape index (κ3) is 7.16. The largest absolute Gasteiger partial charge is 0.384 e. The lowest BCUT2D eigenvalue weighted by Gasteiger charge is -2.29. The Kier molecular flexibility index (Phi) is 8.97. The first-order valence-corrected chi connectivity index (χ1v) is 12.3. The van der Waals surface area contributed by atoms with Crippen molar-refractivity contribution in [2.24, 2.45) is 11.7 Å². The van der Waals surface area contributed by atoms with Crippen molar-refractivity contribution < 1.29 is 18.0 Å². The van der Waals surface area contributed by atoms with Gasteiger partial charge in [-0.05, 0) is 30.7 Å². The zero-order chi connectivity index (χ0) is 23.9. The van der Waals surface area contributed by atoms with Crippen LogP contribution in [0.4, 0.5) is 0 Å². The molecule has 10 heteroatoms. The average Bonchev–Trinajstić information content (AvgIpc) is 3.20. The highest BCUT2D eigenvalue weighted by Gasteiger charge is 2.38. The Labute approximate surface area is 190 Å². The number of nitrogen functional groups attached to an aromatic ring is 1. The van der Waals surface area contributed by atoms with E-state index in [0.29, 0.717) is 31.4 Å².